The summed E-state index contributed by atoms with van der Waals surface area (Å²) in [6, 6.07) is 4.55. The molecule has 0 spiro atoms. The zero-order chi connectivity index (χ0) is 15.0. The lowest BCUT2D eigenvalue weighted by molar-refractivity contribution is 0.311. The number of nitrogen functional groups attached to an aromatic ring is 1. The molecule has 21 heavy (non-hydrogen) atoms. The second-order valence-electron chi connectivity index (χ2n) is 5.53. The van der Waals surface area contributed by atoms with Gasteiger partial charge in [0.05, 0.1) is 25.3 Å². The summed E-state index contributed by atoms with van der Waals surface area (Å²) < 4.78 is 12.7. The minimum Gasteiger partial charge on any atom is -0.493 e. The van der Waals surface area contributed by atoms with Gasteiger partial charge in [0.2, 0.25) is 5.95 Å². The molecule has 1 heterocycles. The number of fused-ring (bicyclic) bond motifs is 1. The molecule has 1 saturated carbocycles. The lowest BCUT2D eigenvalue weighted by Crippen LogP contribution is -2.25. The summed E-state index contributed by atoms with van der Waals surface area (Å²) in [5.41, 5.74) is 7.88. The second-order valence-corrected chi connectivity index (χ2v) is 5.53. The van der Waals surface area contributed by atoms with E-state index in [-0.39, 0.29) is 0 Å². The van der Waals surface area contributed by atoms with Gasteiger partial charge < -0.3 is 24.7 Å². The molecule has 0 bridgehead atoms. The number of benzene rings is 1. The van der Waals surface area contributed by atoms with Gasteiger partial charge in [0.25, 0.3) is 0 Å². The molecule has 3 rings (SSSR count). The van der Waals surface area contributed by atoms with Crippen LogP contribution in [-0.4, -0.2) is 48.3 Å². The van der Waals surface area contributed by atoms with Gasteiger partial charge >= 0.3 is 0 Å². The predicted octanol–water partition coefficient (Wildman–Crippen LogP) is 1.73. The molecule has 114 valence electrons. The predicted molar refractivity (Wildman–Crippen MR) is 82.9 cm³/mol. The number of aromatic nitrogens is 2. The van der Waals surface area contributed by atoms with Crippen LogP contribution in [0.3, 0.4) is 0 Å². The zero-order valence-electron chi connectivity index (χ0n) is 12.8. The fourth-order valence-electron chi connectivity index (χ4n) is 2.66. The Bertz CT molecular complexity index is 649. The smallest absolute Gasteiger partial charge is 0.201 e. The van der Waals surface area contributed by atoms with Gasteiger partial charge in [-0.25, -0.2) is 4.98 Å². The summed E-state index contributed by atoms with van der Waals surface area (Å²) >= 11 is 0. The summed E-state index contributed by atoms with van der Waals surface area (Å²) in [7, 11) is 5.42. The molecule has 0 saturated heterocycles. The lowest BCUT2D eigenvalue weighted by atomic mass is 10.2. The molecule has 0 aliphatic heterocycles. The van der Waals surface area contributed by atoms with E-state index in [0.29, 0.717) is 17.4 Å². The first-order valence-corrected chi connectivity index (χ1v) is 7.22. The molecule has 0 unspecified atom stereocenters. The SMILES string of the molecule is COc1cc2nc(N)n(CCN(C)C3CC3)c2cc1OC. The summed E-state index contributed by atoms with van der Waals surface area (Å²) in [6.45, 7) is 1.79. The van der Waals surface area contributed by atoms with Crippen molar-refractivity contribution in [2.75, 3.05) is 33.5 Å². The molecular weight excluding hydrogens is 268 g/mol. The molecule has 0 amide bonds. The van der Waals surface area contributed by atoms with Crippen LogP contribution < -0.4 is 15.2 Å². The summed E-state index contributed by atoms with van der Waals surface area (Å²) in [5, 5.41) is 0. The fraction of sp³-hybridized carbons (Fsp3) is 0.533. The van der Waals surface area contributed by atoms with Crippen molar-refractivity contribution in [3.8, 4) is 11.5 Å². The molecule has 6 heteroatoms. The maximum Gasteiger partial charge on any atom is 0.201 e. The highest BCUT2D eigenvalue weighted by Crippen LogP contribution is 2.33. The largest absolute Gasteiger partial charge is 0.493 e. The van der Waals surface area contributed by atoms with Crippen molar-refractivity contribution in [1.82, 2.24) is 14.5 Å². The molecule has 1 fully saturated rings. The highest BCUT2D eigenvalue weighted by atomic mass is 16.5. The fourth-order valence-corrected chi connectivity index (χ4v) is 2.66. The van der Waals surface area contributed by atoms with Gasteiger partial charge in [0, 0.05) is 31.3 Å². The first-order chi connectivity index (χ1) is 10.1. The highest BCUT2D eigenvalue weighted by Gasteiger charge is 2.26. The Balaban J connectivity index is 1.91. The normalized spacial score (nSPS) is 14.9. The van der Waals surface area contributed by atoms with Gasteiger partial charge in [-0.1, -0.05) is 0 Å². The van der Waals surface area contributed by atoms with E-state index >= 15 is 0 Å². The number of anilines is 1. The Morgan fingerprint density at radius 3 is 2.57 bits per heavy atom. The topological polar surface area (TPSA) is 65.5 Å². The van der Waals surface area contributed by atoms with Gasteiger partial charge in [-0.15, -0.1) is 0 Å². The highest BCUT2D eigenvalue weighted by molar-refractivity contribution is 5.82. The van der Waals surface area contributed by atoms with Crippen LogP contribution in [0.2, 0.25) is 0 Å². The number of nitrogens with zero attached hydrogens (tertiary/aromatic N) is 3. The number of ether oxygens (including phenoxy) is 2. The van der Waals surface area contributed by atoms with E-state index in [1.165, 1.54) is 12.8 Å². The van der Waals surface area contributed by atoms with Crippen LogP contribution in [0, 0.1) is 0 Å². The maximum absolute atomic E-state index is 6.07. The standard InChI is InChI=1S/C15H22N4O2/c1-18(10-4-5-10)6-7-19-12-9-14(21-3)13(20-2)8-11(12)17-15(19)16/h8-10H,4-7H2,1-3H3,(H2,16,17). The first-order valence-electron chi connectivity index (χ1n) is 7.22. The Labute approximate surface area is 124 Å². The Kier molecular flexibility index (Phi) is 3.63. The van der Waals surface area contributed by atoms with Crippen molar-refractivity contribution in [3.05, 3.63) is 12.1 Å². The number of imidazole rings is 1. The molecule has 1 aliphatic carbocycles. The van der Waals surface area contributed by atoms with Crippen LogP contribution in [0.1, 0.15) is 12.8 Å². The quantitative estimate of drug-likeness (QED) is 0.877. The van der Waals surface area contributed by atoms with E-state index in [1.807, 2.05) is 16.7 Å². The molecule has 1 aromatic heterocycles. The first kappa shape index (κ1) is 14.0. The third-order valence-electron chi connectivity index (χ3n) is 4.13. The number of rotatable bonds is 6. The average molecular weight is 290 g/mol. The van der Waals surface area contributed by atoms with Gasteiger partial charge in [0.15, 0.2) is 11.5 Å². The summed E-state index contributed by atoms with van der Waals surface area (Å²) in [5.74, 6) is 1.90. The summed E-state index contributed by atoms with van der Waals surface area (Å²) in [4.78, 5) is 6.80. The van der Waals surface area contributed by atoms with Crippen molar-refractivity contribution in [2.45, 2.75) is 25.4 Å². The monoisotopic (exact) mass is 290 g/mol. The minimum atomic E-state index is 0.532. The molecule has 1 aromatic carbocycles. The van der Waals surface area contributed by atoms with Crippen LogP contribution in [-0.2, 0) is 6.54 Å². The van der Waals surface area contributed by atoms with Crippen LogP contribution in [0.25, 0.3) is 11.0 Å². The van der Waals surface area contributed by atoms with Gasteiger partial charge in [0.1, 0.15) is 0 Å². The van der Waals surface area contributed by atoms with Gasteiger partial charge in [-0.3, -0.25) is 0 Å². The van der Waals surface area contributed by atoms with Crippen LogP contribution >= 0.6 is 0 Å². The van der Waals surface area contributed by atoms with Crippen molar-refractivity contribution in [1.29, 1.82) is 0 Å². The molecule has 0 atom stereocenters. The van der Waals surface area contributed by atoms with E-state index in [1.54, 1.807) is 14.2 Å². The zero-order valence-corrected chi connectivity index (χ0v) is 12.8. The molecule has 2 N–H and O–H groups in total. The van der Waals surface area contributed by atoms with Crippen LogP contribution in [0.4, 0.5) is 5.95 Å². The van der Waals surface area contributed by atoms with Gasteiger partial charge in [-0.05, 0) is 19.9 Å². The number of methoxy groups -OCH3 is 2. The van der Waals surface area contributed by atoms with E-state index < -0.39 is 0 Å². The van der Waals surface area contributed by atoms with Crippen molar-refractivity contribution in [3.63, 3.8) is 0 Å². The number of nitrogens with two attached hydrogens (primary N) is 1. The van der Waals surface area contributed by atoms with Crippen molar-refractivity contribution >= 4 is 17.0 Å². The third kappa shape index (κ3) is 2.63. The molecule has 1 aliphatic rings. The number of hydrogen-bond acceptors (Lipinski definition) is 5. The summed E-state index contributed by atoms with van der Waals surface area (Å²) in [6.07, 6.45) is 2.61. The molecule has 2 aromatic rings. The number of hydrogen-bond donors (Lipinski definition) is 1. The van der Waals surface area contributed by atoms with Crippen LogP contribution in [0.5, 0.6) is 11.5 Å². The molecule has 6 nitrogen and oxygen atoms in total. The molecule has 0 radical (unpaired) electrons. The lowest BCUT2D eigenvalue weighted by Gasteiger charge is -2.16. The van der Waals surface area contributed by atoms with Crippen molar-refractivity contribution in [2.24, 2.45) is 0 Å². The van der Waals surface area contributed by atoms with Crippen molar-refractivity contribution < 1.29 is 9.47 Å². The van der Waals surface area contributed by atoms with E-state index in [9.17, 15) is 0 Å². The van der Waals surface area contributed by atoms with E-state index in [2.05, 4.69) is 16.9 Å². The minimum absolute atomic E-state index is 0.532. The Morgan fingerprint density at radius 1 is 1.29 bits per heavy atom. The average Bonchev–Trinajstić information content (AvgIpc) is 3.28. The molecular formula is C15H22N4O2. The van der Waals surface area contributed by atoms with E-state index in [0.717, 1.165) is 30.2 Å². The van der Waals surface area contributed by atoms with E-state index in [4.69, 9.17) is 15.2 Å². The Morgan fingerprint density at radius 2 is 1.95 bits per heavy atom. The van der Waals surface area contributed by atoms with Gasteiger partial charge in [-0.2, -0.15) is 0 Å². The maximum atomic E-state index is 6.07. The second kappa shape index (κ2) is 5.44. The third-order valence-corrected chi connectivity index (χ3v) is 4.13. The Hall–Kier alpha value is -1.95. The number of likely N-dealkylation sites (N-methyl/N-ethyl adjacent to an activating group) is 1. The van der Waals surface area contributed by atoms with Crippen LogP contribution in [0.15, 0.2) is 12.1 Å².